The largest absolute Gasteiger partial charge is 0.308 e. The quantitative estimate of drug-likeness (QED) is 0.719. The number of hydrogen-bond donors (Lipinski definition) is 1. The molecule has 0 spiro atoms. The molecule has 1 N–H and O–H groups in total. The Morgan fingerprint density at radius 1 is 1.16 bits per heavy atom. The first kappa shape index (κ1) is 16.2. The van der Waals surface area contributed by atoms with Crippen LogP contribution >= 0.6 is 0 Å². The summed E-state index contributed by atoms with van der Waals surface area (Å²) >= 11 is 0. The summed E-state index contributed by atoms with van der Waals surface area (Å²) < 4.78 is 1.98. The molecule has 0 amide bonds. The van der Waals surface area contributed by atoms with Gasteiger partial charge in [0.15, 0.2) is 0 Å². The van der Waals surface area contributed by atoms with Crippen LogP contribution in [-0.4, -0.2) is 15.8 Å². The molecule has 1 heterocycles. The Kier molecular flexibility index (Phi) is 6.56. The highest BCUT2D eigenvalue weighted by atomic mass is 15.3. The fraction of sp³-hybridized carbons (Fsp3) is 0.812. The summed E-state index contributed by atoms with van der Waals surface area (Å²) in [6.45, 7) is 11.1. The van der Waals surface area contributed by atoms with Gasteiger partial charge in [0, 0.05) is 30.4 Å². The summed E-state index contributed by atoms with van der Waals surface area (Å²) in [4.78, 5) is 0. The first-order valence-electron chi connectivity index (χ1n) is 7.73. The number of hydrogen-bond acceptors (Lipinski definition) is 2. The minimum atomic E-state index is 0.384. The fourth-order valence-corrected chi connectivity index (χ4v) is 2.89. The van der Waals surface area contributed by atoms with Crippen molar-refractivity contribution in [1.82, 2.24) is 15.1 Å². The van der Waals surface area contributed by atoms with Crippen molar-refractivity contribution in [2.45, 2.75) is 78.8 Å². The lowest BCUT2D eigenvalue weighted by atomic mass is 10.0. The van der Waals surface area contributed by atoms with E-state index in [-0.39, 0.29) is 0 Å². The van der Waals surface area contributed by atoms with Gasteiger partial charge in [0.05, 0.1) is 5.69 Å². The summed E-state index contributed by atoms with van der Waals surface area (Å²) in [6, 6.07) is 0.959. The molecule has 1 aromatic heterocycles. The molecule has 0 aliphatic carbocycles. The lowest BCUT2D eigenvalue weighted by Gasteiger charge is -2.20. The van der Waals surface area contributed by atoms with Crippen molar-refractivity contribution in [3.63, 3.8) is 0 Å². The number of aryl methyl sites for hydroxylation is 2. The van der Waals surface area contributed by atoms with Crippen LogP contribution in [0.15, 0.2) is 0 Å². The standard InChI is InChI=1S/C16H31N3/c1-7-8-9-10-11-12(2)17-13(3)16-14(4)18-19(6)15(16)5/h12-13,17H,7-11H2,1-6H3. The van der Waals surface area contributed by atoms with E-state index in [9.17, 15) is 0 Å². The van der Waals surface area contributed by atoms with Crippen molar-refractivity contribution in [2.75, 3.05) is 0 Å². The molecule has 110 valence electrons. The van der Waals surface area contributed by atoms with Crippen LogP contribution in [0.4, 0.5) is 0 Å². The van der Waals surface area contributed by atoms with Gasteiger partial charge < -0.3 is 5.32 Å². The van der Waals surface area contributed by atoms with Crippen molar-refractivity contribution in [3.05, 3.63) is 17.0 Å². The zero-order valence-electron chi connectivity index (χ0n) is 13.6. The van der Waals surface area contributed by atoms with Crippen LogP contribution in [0.5, 0.6) is 0 Å². The summed E-state index contributed by atoms with van der Waals surface area (Å²) in [6.07, 6.45) is 6.64. The van der Waals surface area contributed by atoms with Gasteiger partial charge in [-0.2, -0.15) is 5.10 Å². The lowest BCUT2D eigenvalue weighted by molar-refractivity contribution is 0.436. The normalized spacial score (nSPS) is 14.6. The molecule has 2 atom stereocenters. The van der Waals surface area contributed by atoms with Gasteiger partial charge in [0.2, 0.25) is 0 Å². The van der Waals surface area contributed by atoms with Crippen molar-refractivity contribution in [2.24, 2.45) is 7.05 Å². The molecule has 2 unspecified atom stereocenters. The molecule has 0 saturated carbocycles. The second-order valence-electron chi connectivity index (χ2n) is 5.85. The van der Waals surface area contributed by atoms with Crippen molar-refractivity contribution in [3.8, 4) is 0 Å². The van der Waals surface area contributed by atoms with Crippen molar-refractivity contribution < 1.29 is 0 Å². The fourth-order valence-electron chi connectivity index (χ4n) is 2.89. The molecule has 1 rings (SSSR count). The summed E-state index contributed by atoms with van der Waals surface area (Å²) in [7, 11) is 2.02. The molecule has 0 aromatic carbocycles. The number of nitrogens with one attached hydrogen (secondary N) is 1. The molecular formula is C16H31N3. The molecule has 0 radical (unpaired) electrons. The van der Waals surface area contributed by atoms with Gasteiger partial charge in [-0.3, -0.25) is 4.68 Å². The minimum Gasteiger partial charge on any atom is -0.308 e. The van der Waals surface area contributed by atoms with E-state index in [2.05, 4.69) is 45.0 Å². The highest BCUT2D eigenvalue weighted by Gasteiger charge is 2.17. The Labute approximate surface area is 118 Å². The van der Waals surface area contributed by atoms with E-state index in [4.69, 9.17) is 0 Å². The van der Waals surface area contributed by atoms with Crippen LogP contribution < -0.4 is 5.32 Å². The van der Waals surface area contributed by atoms with Gasteiger partial charge in [0.25, 0.3) is 0 Å². The van der Waals surface area contributed by atoms with Crippen LogP contribution in [0, 0.1) is 13.8 Å². The van der Waals surface area contributed by atoms with Gasteiger partial charge in [-0.05, 0) is 34.1 Å². The number of nitrogens with zero attached hydrogens (tertiary/aromatic N) is 2. The Morgan fingerprint density at radius 3 is 2.37 bits per heavy atom. The lowest BCUT2D eigenvalue weighted by Crippen LogP contribution is -2.29. The Hall–Kier alpha value is -0.830. The first-order chi connectivity index (χ1) is 8.97. The molecule has 3 heteroatoms. The monoisotopic (exact) mass is 265 g/mol. The third-order valence-electron chi connectivity index (χ3n) is 4.02. The van der Waals surface area contributed by atoms with Gasteiger partial charge in [0.1, 0.15) is 0 Å². The van der Waals surface area contributed by atoms with Crippen molar-refractivity contribution in [1.29, 1.82) is 0 Å². The molecule has 0 aliphatic heterocycles. The SMILES string of the molecule is CCCCCCC(C)NC(C)c1c(C)nn(C)c1C. The average Bonchev–Trinajstić information content (AvgIpc) is 2.59. The topological polar surface area (TPSA) is 29.9 Å². The van der Waals surface area contributed by atoms with E-state index in [1.54, 1.807) is 0 Å². The third-order valence-corrected chi connectivity index (χ3v) is 4.02. The summed E-state index contributed by atoms with van der Waals surface area (Å²) in [5.41, 5.74) is 3.79. The van der Waals surface area contributed by atoms with E-state index in [1.807, 2.05) is 11.7 Å². The molecule has 0 fully saturated rings. The molecular weight excluding hydrogens is 234 g/mol. The van der Waals surface area contributed by atoms with Gasteiger partial charge in [-0.25, -0.2) is 0 Å². The van der Waals surface area contributed by atoms with E-state index in [0.29, 0.717) is 12.1 Å². The summed E-state index contributed by atoms with van der Waals surface area (Å²) in [5.74, 6) is 0. The number of aromatic nitrogens is 2. The van der Waals surface area contributed by atoms with Gasteiger partial charge >= 0.3 is 0 Å². The Morgan fingerprint density at radius 2 is 1.84 bits per heavy atom. The van der Waals surface area contributed by atoms with Crippen LogP contribution in [0.3, 0.4) is 0 Å². The second kappa shape index (κ2) is 7.68. The molecule has 1 aromatic rings. The predicted octanol–water partition coefficient (Wildman–Crippen LogP) is 4.05. The van der Waals surface area contributed by atoms with Gasteiger partial charge in [-0.15, -0.1) is 0 Å². The van der Waals surface area contributed by atoms with E-state index in [1.165, 1.54) is 43.4 Å². The maximum atomic E-state index is 4.50. The third kappa shape index (κ3) is 4.64. The molecule has 0 bridgehead atoms. The highest BCUT2D eigenvalue weighted by molar-refractivity contribution is 5.27. The molecule has 19 heavy (non-hydrogen) atoms. The van der Waals surface area contributed by atoms with Crippen molar-refractivity contribution >= 4 is 0 Å². The van der Waals surface area contributed by atoms with Crippen LogP contribution in [0.2, 0.25) is 0 Å². The predicted molar refractivity (Wildman–Crippen MR) is 82.5 cm³/mol. The number of rotatable bonds is 8. The zero-order chi connectivity index (χ0) is 14.4. The van der Waals surface area contributed by atoms with Crippen LogP contribution in [-0.2, 0) is 7.05 Å². The van der Waals surface area contributed by atoms with Crippen LogP contribution in [0.25, 0.3) is 0 Å². The summed E-state index contributed by atoms with van der Waals surface area (Å²) in [5, 5.41) is 8.22. The highest BCUT2D eigenvalue weighted by Crippen LogP contribution is 2.21. The average molecular weight is 265 g/mol. The Balaban J connectivity index is 2.47. The molecule has 3 nitrogen and oxygen atoms in total. The maximum Gasteiger partial charge on any atom is 0.0644 e. The Bertz CT molecular complexity index is 382. The minimum absolute atomic E-state index is 0.384. The number of unbranched alkanes of at least 4 members (excludes halogenated alkanes) is 3. The first-order valence-corrected chi connectivity index (χ1v) is 7.73. The molecule has 0 saturated heterocycles. The van der Waals surface area contributed by atoms with E-state index >= 15 is 0 Å². The van der Waals surface area contributed by atoms with Gasteiger partial charge in [-0.1, -0.05) is 32.6 Å². The maximum absolute atomic E-state index is 4.50. The second-order valence-corrected chi connectivity index (χ2v) is 5.85. The van der Waals surface area contributed by atoms with Crippen LogP contribution in [0.1, 0.15) is 75.9 Å². The van der Waals surface area contributed by atoms with E-state index < -0.39 is 0 Å². The van der Waals surface area contributed by atoms with E-state index in [0.717, 1.165) is 5.69 Å². The zero-order valence-corrected chi connectivity index (χ0v) is 13.6. The smallest absolute Gasteiger partial charge is 0.0644 e. The molecule has 0 aliphatic rings.